The topological polar surface area (TPSA) is 85.6 Å². The number of aromatic nitrogens is 1. The fourth-order valence-electron chi connectivity index (χ4n) is 2.01. The van der Waals surface area contributed by atoms with Crippen molar-refractivity contribution in [2.45, 2.75) is 13.5 Å². The maximum absolute atomic E-state index is 13.0. The van der Waals surface area contributed by atoms with Crippen molar-refractivity contribution in [2.75, 3.05) is 6.61 Å². The zero-order valence-electron chi connectivity index (χ0n) is 12.3. The van der Waals surface area contributed by atoms with Crippen molar-refractivity contribution in [3.63, 3.8) is 0 Å². The van der Waals surface area contributed by atoms with Gasteiger partial charge in [0.2, 0.25) is 11.2 Å². The maximum atomic E-state index is 13.0. The van der Waals surface area contributed by atoms with Crippen LogP contribution in [0.15, 0.2) is 41.3 Å². The third-order valence-electron chi connectivity index (χ3n) is 3.11. The highest BCUT2D eigenvalue weighted by molar-refractivity contribution is 6.09. The van der Waals surface area contributed by atoms with E-state index in [2.05, 4.69) is 0 Å². The molecule has 23 heavy (non-hydrogen) atoms. The van der Waals surface area contributed by atoms with Crippen molar-refractivity contribution in [3.05, 3.63) is 63.8 Å². The standard InChI is InChI=1S/C16H14FNO5/c1-10(19)23-9-8-18-7-6-13(20)16(22)14(18)15(21)11-2-4-12(17)5-3-11/h2-7,22H,8-9H2,1H3. The number of carbonyl (C=O) groups is 2. The van der Waals surface area contributed by atoms with Gasteiger partial charge in [0.15, 0.2) is 5.75 Å². The van der Waals surface area contributed by atoms with Crippen LogP contribution in [-0.2, 0) is 16.1 Å². The SMILES string of the molecule is CC(=O)OCCn1ccc(=O)c(O)c1C(=O)c1ccc(F)cc1. The van der Waals surface area contributed by atoms with Gasteiger partial charge in [-0.15, -0.1) is 0 Å². The summed E-state index contributed by atoms with van der Waals surface area (Å²) in [6.45, 7) is 1.30. The molecular weight excluding hydrogens is 305 g/mol. The average Bonchev–Trinajstić information content (AvgIpc) is 2.51. The summed E-state index contributed by atoms with van der Waals surface area (Å²) in [5.41, 5.74) is -0.830. The van der Waals surface area contributed by atoms with Crippen molar-refractivity contribution in [2.24, 2.45) is 0 Å². The van der Waals surface area contributed by atoms with Gasteiger partial charge in [0.05, 0.1) is 6.54 Å². The Hall–Kier alpha value is -2.96. The number of hydrogen-bond donors (Lipinski definition) is 1. The van der Waals surface area contributed by atoms with Crippen LogP contribution in [0.3, 0.4) is 0 Å². The van der Waals surface area contributed by atoms with Crippen molar-refractivity contribution in [1.82, 2.24) is 4.57 Å². The van der Waals surface area contributed by atoms with Crippen LogP contribution in [-0.4, -0.2) is 28.0 Å². The van der Waals surface area contributed by atoms with Crippen molar-refractivity contribution >= 4 is 11.8 Å². The van der Waals surface area contributed by atoms with Crippen LogP contribution in [0.2, 0.25) is 0 Å². The van der Waals surface area contributed by atoms with Gasteiger partial charge in [-0.3, -0.25) is 14.4 Å². The number of carbonyl (C=O) groups excluding carboxylic acids is 2. The second kappa shape index (κ2) is 6.87. The highest BCUT2D eigenvalue weighted by Crippen LogP contribution is 2.17. The lowest BCUT2D eigenvalue weighted by molar-refractivity contribution is -0.141. The Labute approximate surface area is 130 Å². The summed E-state index contributed by atoms with van der Waals surface area (Å²) in [5.74, 6) is -2.33. The number of benzene rings is 1. The van der Waals surface area contributed by atoms with Crippen molar-refractivity contribution in [3.8, 4) is 5.75 Å². The third kappa shape index (κ3) is 3.82. The fraction of sp³-hybridized carbons (Fsp3) is 0.188. The largest absolute Gasteiger partial charge is 0.503 e. The van der Waals surface area contributed by atoms with Crippen molar-refractivity contribution < 1.29 is 23.8 Å². The average molecular weight is 319 g/mol. The Morgan fingerprint density at radius 3 is 2.48 bits per heavy atom. The lowest BCUT2D eigenvalue weighted by Gasteiger charge is -2.13. The highest BCUT2D eigenvalue weighted by Gasteiger charge is 2.20. The number of hydrogen-bond acceptors (Lipinski definition) is 5. The number of nitrogens with zero attached hydrogens (tertiary/aromatic N) is 1. The van der Waals surface area contributed by atoms with E-state index in [9.17, 15) is 23.9 Å². The Morgan fingerprint density at radius 1 is 1.22 bits per heavy atom. The van der Waals surface area contributed by atoms with Crippen molar-refractivity contribution in [1.29, 1.82) is 0 Å². The zero-order chi connectivity index (χ0) is 17.0. The molecule has 0 bridgehead atoms. The summed E-state index contributed by atoms with van der Waals surface area (Å²) < 4.78 is 19.1. The molecule has 0 amide bonds. The monoisotopic (exact) mass is 319 g/mol. The molecular formula is C16H14FNO5. The lowest BCUT2D eigenvalue weighted by atomic mass is 10.1. The number of ether oxygens (including phenoxy) is 1. The Balaban J connectivity index is 2.40. The van der Waals surface area contributed by atoms with E-state index in [1.807, 2.05) is 0 Å². The Bertz CT molecular complexity index is 795. The minimum absolute atomic E-state index is 0.0264. The van der Waals surface area contributed by atoms with Gasteiger partial charge < -0.3 is 14.4 Å². The predicted octanol–water partition coefficient (Wildman–Crippen LogP) is 1.49. The maximum Gasteiger partial charge on any atom is 0.302 e. The van der Waals surface area contributed by atoms with Crippen LogP contribution in [0.5, 0.6) is 5.75 Å². The number of ketones is 1. The molecule has 0 saturated heterocycles. The van der Waals surface area contributed by atoms with Gasteiger partial charge in [-0.2, -0.15) is 0 Å². The van der Waals surface area contributed by atoms with E-state index in [4.69, 9.17) is 4.74 Å². The van der Waals surface area contributed by atoms with Crippen LogP contribution in [0.25, 0.3) is 0 Å². The molecule has 6 nitrogen and oxygen atoms in total. The first kappa shape index (κ1) is 16.4. The number of pyridine rings is 1. The molecule has 0 unspecified atom stereocenters. The number of halogens is 1. The first-order valence-electron chi connectivity index (χ1n) is 6.76. The normalized spacial score (nSPS) is 10.3. The molecule has 0 atom stereocenters. The molecule has 0 radical (unpaired) electrons. The van der Waals surface area contributed by atoms with E-state index < -0.39 is 28.7 Å². The molecule has 1 N–H and O–H groups in total. The summed E-state index contributed by atoms with van der Waals surface area (Å²) >= 11 is 0. The van der Waals surface area contributed by atoms with Gasteiger partial charge in [-0.25, -0.2) is 4.39 Å². The van der Waals surface area contributed by atoms with E-state index in [1.54, 1.807) is 0 Å². The Morgan fingerprint density at radius 2 is 1.87 bits per heavy atom. The van der Waals surface area contributed by atoms with Crippen LogP contribution in [0, 0.1) is 5.82 Å². The molecule has 0 aliphatic heterocycles. The molecule has 1 aromatic heterocycles. The summed E-state index contributed by atoms with van der Waals surface area (Å²) in [4.78, 5) is 34.9. The summed E-state index contributed by atoms with van der Waals surface area (Å²) in [7, 11) is 0. The molecule has 0 aliphatic rings. The molecule has 2 aromatic rings. The number of aromatic hydroxyl groups is 1. The van der Waals surface area contributed by atoms with Gasteiger partial charge in [-0.05, 0) is 24.3 Å². The van der Waals surface area contributed by atoms with E-state index >= 15 is 0 Å². The first-order valence-corrected chi connectivity index (χ1v) is 6.76. The van der Waals surface area contributed by atoms with E-state index in [0.29, 0.717) is 0 Å². The zero-order valence-corrected chi connectivity index (χ0v) is 12.3. The van der Waals surface area contributed by atoms with E-state index in [1.165, 1.54) is 29.8 Å². The summed E-state index contributed by atoms with van der Waals surface area (Å²) in [6.07, 6.45) is 1.32. The lowest BCUT2D eigenvalue weighted by Crippen LogP contribution is -2.20. The molecule has 1 heterocycles. The molecule has 7 heteroatoms. The van der Waals surface area contributed by atoms with Crippen LogP contribution >= 0.6 is 0 Å². The van der Waals surface area contributed by atoms with Crippen LogP contribution in [0.4, 0.5) is 4.39 Å². The smallest absolute Gasteiger partial charge is 0.302 e. The van der Waals surface area contributed by atoms with E-state index in [0.717, 1.165) is 18.2 Å². The summed E-state index contributed by atoms with van der Waals surface area (Å²) in [5, 5.41) is 9.94. The number of esters is 1. The molecule has 0 spiro atoms. The van der Waals surface area contributed by atoms with Crippen LogP contribution in [0.1, 0.15) is 23.0 Å². The second-order valence-electron chi connectivity index (χ2n) is 4.75. The molecule has 2 rings (SSSR count). The first-order chi connectivity index (χ1) is 10.9. The van der Waals surface area contributed by atoms with Gasteiger partial charge in [-0.1, -0.05) is 0 Å². The Kier molecular flexibility index (Phi) is 4.90. The predicted molar refractivity (Wildman–Crippen MR) is 78.8 cm³/mol. The highest BCUT2D eigenvalue weighted by atomic mass is 19.1. The van der Waals surface area contributed by atoms with Gasteiger partial charge in [0.25, 0.3) is 0 Å². The minimum Gasteiger partial charge on any atom is -0.503 e. The van der Waals surface area contributed by atoms with E-state index in [-0.39, 0.29) is 24.4 Å². The molecule has 120 valence electrons. The number of rotatable bonds is 5. The molecule has 0 aliphatic carbocycles. The molecule has 0 fully saturated rings. The van der Waals surface area contributed by atoms with Gasteiger partial charge in [0.1, 0.15) is 18.1 Å². The fourth-order valence-corrected chi connectivity index (χ4v) is 2.01. The molecule has 1 aromatic carbocycles. The minimum atomic E-state index is -0.709. The second-order valence-corrected chi connectivity index (χ2v) is 4.75. The van der Waals surface area contributed by atoms with Gasteiger partial charge in [0, 0.05) is 24.8 Å². The third-order valence-corrected chi connectivity index (χ3v) is 3.11. The molecule has 0 saturated carbocycles. The van der Waals surface area contributed by atoms with Crippen LogP contribution < -0.4 is 5.43 Å². The summed E-state index contributed by atoms with van der Waals surface area (Å²) in [6, 6.07) is 5.82. The quantitative estimate of drug-likeness (QED) is 0.666. The van der Waals surface area contributed by atoms with Gasteiger partial charge >= 0.3 is 5.97 Å².